The summed E-state index contributed by atoms with van der Waals surface area (Å²) in [5, 5.41) is 0. The zero-order valence-corrected chi connectivity index (χ0v) is 14.9. The number of nitrogens with zero attached hydrogens (tertiary/aromatic N) is 3. The molecule has 0 N–H and O–H groups in total. The van der Waals surface area contributed by atoms with Crippen LogP contribution in [0.1, 0.15) is 32.1 Å². The molecule has 0 bridgehead atoms. The van der Waals surface area contributed by atoms with Crippen LogP contribution in [0.4, 0.5) is 5.95 Å². The third-order valence-corrected chi connectivity index (χ3v) is 5.91. The molecule has 6 nitrogen and oxygen atoms in total. The van der Waals surface area contributed by atoms with Crippen LogP contribution < -0.4 is 4.90 Å². The van der Waals surface area contributed by atoms with Gasteiger partial charge in [-0.05, 0) is 44.1 Å². The van der Waals surface area contributed by atoms with E-state index in [4.69, 9.17) is 14.2 Å². The van der Waals surface area contributed by atoms with Crippen LogP contribution in [-0.2, 0) is 14.2 Å². The van der Waals surface area contributed by atoms with E-state index in [2.05, 4.69) is 14.9 Å². The van der Waals surface area contributed by atoms with E-state index in [1.165, 1.54) is 0 Å². The average molecular weight is 347 g/mol. The lowest BCUT2D eigenvalue weighted by atomic mass is 9.73. The van der Waals surface area contributed by atoms with Crippen molar-refractivity contribution in [2.45, 2.75) is 38.2 Å². The first kappa shape index (κ1) is 17.2. The Morgan fingerprint density at radius 3 is 2.84 bits per heavy atom. The summed E-state index contributed by atoms with van der Waals surface area (Å²) in [6, 6.07) is 1.87. The van der Waals surface area contributed by atoms with Crippen molar-refractivity contribution in [2.75, 3.05) is 51.0 Å². The predicted molar refractivity (Wildman–Crippen MR) is 94.6 cm³/mol. The highest BCUT2D eigenvalue weighted by molar-refractivity contribution is 5.31. The lowest BCUT2D eigenvalue weighted by Crippen LogP contribution is -2.57. The van der Waals surface area contributed by atoms with Gasteiger partial charge in [0, 0.05) is 57.3 Å². The van der Waals surface area contributed by atoms with Crippen molar-refractivity contribution in [2.24, 2.45) is 11.3 Å². The molecule has 138 valence electrons. The molecule has 1 aromatic rings. The highest BCUT2D eigenvalue weighted by Crippen LogP contribution is 2.41. The fourth-order valence-electron chi connectivity index (χ4n) is 4.47. The summed E-state index contributed by atoms with van der Waals surface area (Å²) in [5.74, 6) is 1.47. The molecule has 3 fully saturated rings. The molecule has 3 aliphatic rings. The molecule has 3 saturated heterocycles. The third-order valence-electron chi connectivity index (χ3n) is 5.91. The molecule has 0 aliphatic carbocycles. The van der Waals surface area contributed by atoms with E-state index >= 15 is 0 Å². The second-order valence-electron chi connectivity index (χ2n) is 7.66. The molecule has 0 spiro atoms. The summed E-state index contributed by atoms with van der Waals surface area (Å²) < 4.78 is 17.8. The Bertz CT molecular complexity index is 538. The Balaban J connectivity index is 1.40. The molecule has 4 rings (SSSR count). The molecule has 6 heteroatoms. The molecule has 0 radical (unpaired) electrons. The topological polar surface area (TPSA) is 56.7 Å². The molecule has 1 aromatic heterocycles. The van der Waals surface area contributed by atoms with Crippen molar-refractivity contribution in [3.63, 3.8) is 0 Å². The van der Waals surface area contributed by atoms with Crippen molar-refractivity contribution in [1.82, 2.24) is 9.97 Å². The van der Waals surface area contributed by atoms with E-state index in [-0.39, 0.29) is 5.41 Å². The number of rotatable bonds is 5. The van der Waals surface area contributed by atoms with Crippen LogP contribution in [0, 0.1) is 11.3 Å². The summed E-state index contributed by atoms with van der Waals surface area (Å²) in [4.78, 5) is 11.2. The summed E-state index contributed by atoms with van der Waals surface area (Å²) >= 11 is 0. The Hall–Kier alpha value is -1.24. The smallest absolute Gasteiger partial charge is 0.225 e. The third kappa shape index (κ3) is 3.96. The quantitative estimate of drug-likeness (QED) is 0.815. The predicted octanol–water partition coefficient (Wildman–Crippen LogP) is 2.30. The minimum Gasteiger partial charge on any atom is -0.381 e. The number of ether oxygens (including phenoxy) is 3. The van der Waals surface area contributed by atoms with Gasteiger partial charge in [0.15, 0.2) is 0 Å². The fraction of sp³-hybridized carbons (Fsp3) is 0.789. The van der Waals surface area contributed by atoms with Gasteiger partial charge in [0.25, 0.3) is 0 Å². The van der Waals surface area contributed by atoms with E-state index in [1.54, 1.807) is 0 Å². The summed E-state index contributed by atoms with van der Waals surface area (Å²) in [6.07, 6.45) is 9.48. The number of piperidine rings is 1. The highest BCUT2D eigenvalue weighted by Gasteiger charge is 2.46. The fourth-order valence-corrected chi connectivity index (χ4v) is 4.47. The molecular formula is C19H29N3O3. The number of anilines is 1. The molecule has 2 atom stereocenters. The summed E-state index contributed by atoms with van der Waals surface area (Å²) in [6.45, 7) is 6.14. The number of hydrogen-bond donors (Lipinski definition) is 0. The van der Waals surface area contributed by atoms with Gasteiger partial charge in [0.2, 0.25) is 5.95 Å². The molecular weight excluding hydrogens is 318 g/mol. The zero-order valence-electron chi connectivity index (χ0n) is 14.9. The molecule has 4 heterocycles. The van der Waals surface area contributed by atoms with Crippen molar-refractivity contribution in [3.8, 4) is 0 Å². The van der Waals surface area contributed by atoms with E-state index in [9.17, 15) is 0 Å². The standard InChI is InChI=1S/C19H29N3O3/c1-6-19(15-24-13-16-4-11-23-12-5-16)14-22(9-3-17(19)25-10-1)18-20-7-2-8-21-18/h2,7-8,16-17H,1,3-6,9-15H2/t17-,19-/m1/s1. The van der Waals surface area contributed by atoms with Gasteiger partial charge >= 0.3 is 0 Å². The van der Waals surface area contributed by atoms with Crippen LogP contribution in [0.3, 0.4) is 0 Å². The highest BCUT2D eigenvalue weighted by atomic mass is 16.5. The maximum Gasteiger partial charge on any atom is 0.225 e. The van der Waals surface area contributed by atoms with Crippen LogP contribution in [0.2, 0.25) is 0 Å². The van der Waals surface area contributed by atoms with Crippen molar-refractivity contribution >= 4 is 5.95 Å². The van der Waals surface area contributed by atoms with E-state index in [0.717, 1.165) is 84.2 Å². The summed E-state index contributed by atoms with van der Waals surface area (Å²) in [5.41, 5.74) is 0.0703. The molecule has 0 unspecified atom stereocenters. The number of hydrogen-bond acceptors (Lipinski definition) is 6. The van der Waals surface area contributed by atoms with Gasteiger partial charge in [-0.15, -0.1) is 0 Å². The average Bonchev–Trinajstić information content (AvgIpc) is 2.69. The van der Waals surface area contributed by atoms with Gasteiger partial charge in [-0.25, -0.2) is 9.97 Å². The van der Waals surface area contributed by atoms with E-state index < -0.39 is 0 Å². The number of aromatic nitrogens is 2. The van der Waals surface area contributed by atoms with Gasteiger partial charge in [0.1, 0.15) is 0 Å². The first-order valence-corrected chi connectivity index (χ1v) is 9.65. The van der Waals surface area contributed by atoms with Crippen molar-refractivity contribution < 1.29 is 14.2 Å². The minimum absolute atomic E-state index is 0.0703. The van der Waals surface area contributed by atoms with Crippen molar-refractivity contribution in [1.29, 1.82) is 0 Å². The molecule has 0 saturated carbocycles. The van der Waals surface area contributed by atoms with Gasteiger partial charge in [-0.2, -0.15) is 0 Å². The Morgan fingerprint density at radius 1 is 1.16 bits per heavy atom. The Morgan fingerprint density at radius 2 is 2.00 bits per heavy atom. The van der Waals surface area contributed by atoms with Crippen LogP contribution in [0.25, 0.3) is 0 Å². The molecule has 3 aliphatic heterocycles. The van der Waals surface area contributed by atoms with Gasteiger partial charge in [-0.3, -0.25) is 0 Å². The lowest BCUT2D eigenvalue weighted by molar-refractivity contribution is -0.130. The normalized spacial score (nSPS) is 30.9. The van der Waals surface area contributed by atoms with Crippen molar-refractivity contribution in [3.05, 3.63) is 18.5 Å². The SMILES string of the molecule is c1cnc(N2CC[C@H]3OCCC[C@]3(COCC3CCOCC3)C2)nc1. The van der Waals surface area contributed by atoms with E-state index in [0.29, 0.717) is 12.0 Å². The maximum atomic E-state index is 6.25. The largest absolute Gasteiger partial charge is 0.381 e. The van der Waals surface area contributed by atoms with E-state index in [1.807, 2.05) is 18.5 Å². The Labute approximate surface area is 149 Å². The molecule has 0 amide bonds. The monoisotopic (exact) mass is 347 g/mol. The minimum atomic E-state index is 0.0703. The van der Waals surface area contributed by atoms with Crippen LogP contribution in [-0.4, -0.2) is 62.2 Å². The van der Waals surface area contributed by atoms with Gasteiger partial charge in [0.05, 0.1) is 12.7 Å². The van der Waals surface area contributed by atoms with Crippen LogP contribution in [0.15, 0.2) is 18.5 Å². The van der Waals surface area contributed by atoms with Gasteiger partial charge < -0.3 is 19.1 Å². The second-order valence-corrected chi connectivity index (χ2v) is 7.66. The van der Waals surface area contributed by atoms with Crippen LogP contribution >= 0.6 is 0 Å². The first-order chi connectivity index (χ1) is 12.4. The molecule has 25 heavy (non-hydrogen) atoms. The van der Waals surface area contributed by atoms with Crippen LogP contribution in [0.5, 0.6) is 0 Å². The maximum absolute atomic E-state index is 6.25. The first-order valence-electron chi connectivity index (χ1n) is 9.65. The molecule has 0 aromatic carbocycles. The van der Waals surface area contributed by atoms with Gasteiger partial charge in [-0.1, -0.05) is 0 Å². The zero-order chi connectivity index (χ0) is 17.0. The lowest BCUT2D eigenvalue weighted by Gasteiger charge is -2.50. The number of fused-ring (bicyclic) bond motifs is 1. The summed E-state index contributed by atoms with van der Waals surface area (Å²) in [7, 11) is 0. The Kier molecular flexibility index (Phi) is 5.48. The second kappa shape index (κ2) is 7.98.